The van der Waals surface area contributed by atoms with Gasteiger partial charge in [-0.1, -0.05) is 78.7 Å². The zero-order chi connectivity index (χ0) is 28.2. The van der Waals surface area contributed by atoms with Crippen LogP contribution in [-0.4, -0.2) is 0 Å². The van der Waals surface area contributed by atoms with E-state index in [-0.39, 0.29) is 50.2 Å². The molecule has 7 rings (SSSR count). The van der Waals surface area contributed by atoms with Crippen LogP contribution >= 0.6 is 15.9 Å². The third-order valence-corrected chi connectivity index (χ3v) is 6.73. The topological polar surface area (TPSA) is 13.1 Å². The molecule has 0 atom stereocenters. The highest BCUT2D eigenvalue weighted by atomic mass is 79.9. The maximum atomic E-state index is 8.84. The van der Waals surface area contributed by atoms with Gasteiger partial charge < -0.3 is 4.42 Å². The quantitative estimate of drug-likeness (QED) is 0.213. The molecule has 0 spiro atoms. The minimum atomic E-state index is -0.424. The summed E-state index contributed by atoms with van der Waals surface area (Å²) in [6, 6.07) is 14.5. The van der Waals surface area contributed by atoms with Gasteiger partial charge in [-0.25, -0.2) is 0 Å². The van der Waals surface area contributed by atoms with Gasteiger partial charge in [0.2, 0.25) is 0 Å². The molecule has 150 valence electrons. The summed E-state index contributed by atoms with van der Waals surface area (Å²) in [5, 5.41) is 4.37. The van der Waals surface area contributed by atoms with Gasteiger partial charge in [0.05, 0.1) is 11.0 Å². The van der Waals surface area contributed by atoms with Crippen molar-refractivity contribution < 1.29 is 15.4 Å². The SMILES string of the molecule is [2H]c1c([2H])c([2H])c2c(-c3ccc4oc5cc6ccccc6cc5c4c3)c3c([2H])c([2H])c([2H])c([2H])c3c(Br)c2c1[2H]. The molecule has 6 aromatic carbocycles. The van der Waals surface area contributed by atoms with Crippen molar-refractivity contribution in [2.24, 2.45) is 0 Å². The van der Waals surface area contributed by atoms with E-state index in [4.69, 9.17) is 15.4 Å². The minimum absolute atomic E-state index is 0.154. The Hall–Kier alpha value is -3.62. The summed E-state index contributed by atoms with van der Waals surface area (Å²) in [4.78, 5) is 0. The fourth-order valence-corrected chi connectivity index (χ4v) is 5.08. The molecule has 0 saturated heterocycles. The van der Waals surface area contributed by atoms with Gasteiger partial charge in [0.1, 0.15) is 11.2 Å². The largest absolute Gasteiger partial charge is 0.456 e. The predicted molar refractivity (Wildman–Crippen MR) is 139 cm³/mol. The lowest BCUT2D eigenvalue weighted by atomic mass is 9.91. The normalized spacial score (nSPS) is 15.4. The molecule has 0 amide bonds. The van der Waals surface area contributed by atoms with Gasteiger partial charge >= 0.3 is 0 Å². The number of hydrogen-bond donors (Lipinski definition) is 0. The average molecular weight is 481 g/mol. The van der Waals surface area contributed by atoms with E-state index < -0.39 is 24.2 Å². The molecule has 32 heavy (non-hydrogen) atoms. The summed E-state index contributed by atoms with van der Waals surface area (Å²) >= 11 is 3.45. The lowest BCUT2D eigenvalue weighted by Gasteiger charge is -2.14. The first-order valence-electron chi connectivity index (χ1n) is 14.1. The van der Waals surface area contributed by atoms with Crippen LogP contribution in [0.3, 0.4) is 0 Å². The second-order valence-corrected chi connectivity index (χ2v) is 8.49. The Balaban J connectivity index is 1.72. The van der Waals surface area contributed by atoms with Crippen molar-refractivity contribution in [2.45, 2.75) is 0 Å². The first-order chi connectivity index (χ1) is 19.1. The van der Waals surface area contributed by atoms with Gasteiger partial charge in [0, 0.05) is 15.2 Å². The first kappa shape index (κ1) is 11.8. The Labute approximate surface area is 204 Å². The highest BCUT2D eigenvalue weighted by molar-refractivity contribution is 9.10. The van der Waals surface area contributed by atoms with E-state index in [1.807, 2.05) is 42.5 Å². The Kier molecular flexibility index (Phi) is 2.48. The van der Waals surface area contributed by atoms with E-state index in [0.29, 0.717) is 22.3 Å². The Morgan fingerprint density at radius 1 is 0.594 bits per heavy atom. The number of hydrogen-bond acceptors (Lipinski definition) is 1. The van der Waals surface area contributed by atoms with Crippen LogP contribution in [0.15, 0.2) is 112 Å². The zero-order valence-corrected chi connectivity index (χ0v) is 18.1. The molecular weight excluding hydrogens is 456 g/mol. The van der Waals surface area contributed by atoms with Crippen LogP contribution in [0, 0.1) is 0 Å². The van der Waals surface area contributed by atoms with E-state index in [2.05, 4.69) is 15.9 Å². The molecule has 0 saturated carbocycles. The highest BCUT2D eigenvalue weighted by Gasteiger charge is 2.15. The third kappa shape index (κ3) is 2.50. The summed E-state index contributed by atoms with van der Waals surface area (Å²) < 4.78 is 74.7. The third-order valence-electron chi connectivity index (χ3n) is 5.94. The van der Waals surface area contributed by atoms with Crippen molar-refractivity contribution in [2.75, 3.05) is 0 Å². The fraction of sp³-hybridized carbons (Fsp3) is 0. The van der Waals surface area contributed by atoms with Crippen LogP contribution in [0.1, 0.15) is 11.0 Å². The maximum absolute atomic E-state index is 8.84. The van der Waals surface area contributed by atoms with Crippen LogP contribution in [0.25, 0.3) is 65.4 Å². The average Bonchev–Trinajstić information content (AvgIpc) is 3.31. The molecule has 1 heterocycles. The Bertz CT molecular complexity index is 2190. The molecule has 0 unspecified atom stereocenters. The van der Waals surface area contributed by atoms with Crippen LogP contribution in [-0.2, 0) is 0 Å². The number of furan rings is 1. The van der Waals surface area contributed by atoms with Crippen molar-refractivity contribution >= 4 is 70.2 Å². The molecular formula is C30H17BrO. The molecule has 7 aromatic rings. The zero-order valence-electron chi connectivity index (χ0n) is 24.5. The maximum Gasteiger partial charge on any atom is 0.136 e. The summed E-state index contributed by atoms with van der Waals surface area (Å²) in [6.45, 7) is 0. The Morgan fingerprint density at radius 2 is 1.19 bits per heavy atom. The summed E-state index contributed by atoms with van der Waals surface area (Å²) in [6.07, 6.45) is 0. The summed E-state index contributed by atoms with van der Waals surface area (Å²) in [5.74, 6) is 0. The van der Waals surface area contributed by atoms with Gasteiger partial charge in [0.25, 0.3) is 0 Å². The van der Waals surface area contributed by atoms with Crippen LogP contribution < -0.4 is 0 Å². The Morgan fingerprint density at radius 3 is 1.88 bits per heavy atom. The van der Waals surface area contributed by atoms with Crippen molar-refractivity contribution in [3.63, 3.8) is 0 Å². The molecule has 0 fully saturated rings. The molecule has 0 aliphatic heterocycles. The monoisotopic (exact) mass is 480 g/mol. The van der Waals surface area contributed by atoms with Crippen molar-refractivity contribution in [3.05, 3.63) is 107 Å². The molecule has 0 aliphatic carbocycles. The molecule has 0 bridgehead atoms. The number of fused-ring (bicyclic) bond motifs is 6. The van der Waals surface area contributed by atoms with Crippen molar-refractivity contribution in [1.29, 1.82) is 0 Å². The molecule has 1 nitrogen and oxygen atoms in total. The molecule has 1 aromatic heterocycles. The van der Waals surface area contributed by atoms with Crippen LogP contribution in [0.2, 0.25) is 0 Å². The van der Waals surface area contributed by atoms with E-state index >= 15 is 0 Å². The van der Waals surface area contributed by atoms with E-state index in [9.17, 15) is 0 Å². The van der Waals surface area contributed by atoms with E-state index in [1.54, 1.807) is 12.1 Å². The molecule has 0 radical (unpaired) electrons. The van der Waals surface area contributed by atoms with Crippen LogP contribution in [0.4, 0.5) is 0 Å². The standard InChI is InChI=1S/C30H17BrO/c31-30-23-11-5-3-9-21(23)29(22-10-4-6-12-24(22)30)20-13-14-27-25(16-20)26-15-18-7-1-2-8-19(18)17-28(26)32-27/h1-17H/i3D,4D,5D,6D,9D,10D,11D,12D. The molecule has 0 N–H and O–H groups in total. The number of halogens is 1. The van der Waals surface area contributed by atoms with Crippen molar-refractivity contribution in [3.8, 4) is 11.1 Å². The number of rotatable bonds is 1. The molecule has 2 heteroatoms. The summed E-state index contributed by atoms with van der Waals surface area (Å²) in [7, 11) is 0. The second kappa shape index (κ2) is 6.69. The fourth-order valence-electron chi connectivity index (χ4n) is 4.49. The van der Waals surface area contributed by atoms with Crippen LogP contribution in [0.5, 0.6) is 0 Å². The van der Waals surface area contributed by atoms with Gasteiger partial charge in [-0.2, -0.15) is 0 Å². The van der Waals surface area contributed by atoms with E-state index in [1.165, 1.54) is 0 Å². The van der Waals surface area contributed by atoms with E-state index in [0.717, 1.165) is 21.5 Å². The lowest BCUT2D eigenvalue weighted by molar-refractivity contribution is 0.669. The first-order valence-corrected chi connectivity index (χ1v) is 10.9. The smallest absolute Gasteiger partial charge is 0.136 e. The predicted octanol–water partition coefficient (Wildman–Crippen LogP) is 9.48. The molecule has 0 aliphatic rings. The summed E-state index contributed by atoms with van der Waals surface area (Å²) in [5.41, 5.74) is 2.17. The van der Waals surface area contributed by atoms with Gasteiger partial charge in [-0.15, -0.1) is 0 Å². The van der Waals surface area contributed by atoms with Gasteiger partial charge in [-0.05, 0) is 83.6 Å². The minimum Gasteiger partial charge on any atom is -0.456 e. The lowest BCUT2D eigenvalue weighted by Crippen LogP contribution is -1.87. The second-order valence-electron chi connectivity index (χ2n) is 7.70. The highest BCUT2D eigenvalue weighted by Crippen LogP contribution is 2.43. The number of benzene rings is 6. The van der Waals surface area contributed by atoms with Gasteiger partial charge in [-0.3, -0.25) is 0 Å². The van der Waals surface area contributed by atoms with Gasteiger partial charge in [0.15, 0.2) is 0 Å². The van der Waals surface area contributed by atoms with Crippen molar-refractivity contribution in [1.82, 2.24) is 0 Å².